The van der Waals surface area contributed by atoms with Crippen molar-refractivity contribution in [2.75, 3.05) is 19.8 Å². The van der Waals surface area contributed by atoms with Gasteiger partial charge in [-0.15, -0.1) is 0 Å². The van der Waals surface area contributed by atoms with E-state index in [4.69, 9.17) is 15.2 Å². The minimum atomic E-state index is 0.249. The van der Waals surface area contributed by atoms with Gasteiger partial charge < -0.3 is 20.2 Å². The minimum absolute atomic E-state index is 0.249. The van der Waals surface area contributed by atoms with Gasteiger partial charge in [0.2, 0.25) is 0 Å². The van der Waals surface area contributed by atoms with Crippen molar-refractivity contribution < 1.29 is 9.47 Å². The van der Waals surface area contributed by atoms with Crippen LogP contribution in [0.3, 0.4) is 0 Å². The van der Waals surface area contributed by atoms with Gasteiger partial charge in [0.15, 0.2) is 11.5 Å². The molecule has 4 rings (SSSR count). The highest BCUT2D eigenvalue weighted by Gasteiger charge is 2.19. The first-order valence-corrected chi connectivity index (χ1v) is 8.42. The van der Waals surface area contributed by atoms with E-state index in [1.807, 2.05) is 6.07 Å². The summed E-state index contributed by atoms with van der Waals surface area (Å²) in [6.45, 7) is 3.94. The van der Waals surface area contributed by atoms with Gasteiger partial charge in [-0.25, -0.2) is 0 Å². The van der Waals surface area contributed by atoms with Crippen molar-refractivity contribution in [3.63, 3.8) is 0 Å². The molecule has 0 bridgehead atoms. The lowest BCUT2D eigenvalue weighted by atomic mass is 9.90. The molecule has 24 heavy (non-hydrogen) atoms. The first-order valence-electron chi connectivity index (χ1n) is 8.42. The zero-order valence-corrected chi connectivity index (χ0v) is 13.8. The molecule has 1 aliphatic heterocycles. The number of aryl methyl sites for hydroxylation is 1. The third-order valence-corrected chi connectivity index (χ3v) is 4.80. The van der Waals surface area contributed by atoms with Crippen molar-refractivity contribution in [3.8, 4) is 11.5 Å². The van der Waals surface area contributed by atoms with Crippen molar-refractivity contribution in [3.05, 3.63) is 59.3 Å². The van der Waals surface area contributed by atoms with Gasteiger partial charge in [0, 0.05) is 22.5 Å². The average Bonchev–Trinajstić information content (AvgIpc) is 2.94. The second-order valence-electron chi connectivity index (χ2n) is 6.31. The first kappa shape index (κ1) is 15.1. The maximum Gasteiger partial charge on any atom is 0.161 e. The first-order chi connectivity index (χ1) is 11.8. The number of hydrogen-bond acceptors (Lipinski definition) is 3. The Morgan fingerprint density at radius 3 is 2.71 bits per heavy atom. The molecule has 0 spiro atoms. The highest BCUT2D eigenvalue weighted by Crippen LogP contribution is 2.35. The van der Waals surface area contributed by atoms with Gasteiger partial charge in [0.05, 0.1) is 0 Å². The van der Waals surface area contributed by atoms with Crippen LogP contribution < -0.4 is 15.2 Å². The van der Waals surface area contributed by atoms with Crippen LogP contribution in [0.25, 0.3) is 10.9 Å². The van der Waals surface area contributed by atoms with Crippen LogP contribution in [0.15, 0.2) is 42.5 Å². The molecule has 0 amide bonds. The van der Waals surface area contributed by atoms with E-state index in [9.17, 15) is 0 Å². The Morgan fingerprint density at radius 1 is 1.08 bits per heavy atom. The maximum atomic E-state index is 6.11. The Balaban J connectivity index is 1.67. The molecule has 124 valence electrons. The number of nitrogens with two attached hydrogens (primary N) is 1. The summed E-state index contributed by atoms with van der Waals surface area (Å²) >= 11 is 0. The van der Waals surface area contributed by atoms with E-state index >= 15 is 0 Å². The van der Waals surface area contributed by atoms with E-state index in [1.54, 1.807) is 0 Å². The van der Waals surface area contributed by atoms with Crippen LogP contribution in [-0.2, 0) is 6.42 Å². The lowest BCUT2D eigenvalue weighted by Gasteiger charge is -2.21. The number of para-hydroxylation sites is 1. The average molecular weight is 322 g/mol. The van der Waals surface area contributed by atoms with Crippen LogP contribution in [0, 0.1) is 6.92 Å². The van der Waals surface area contributed by atoms with Crippen molar-refractivity contribution in [2.45, 2.75) is 19.3 Å². The monoisotopic (exact) mass is 322 g/mol. The summed E-state index contributed by atoms with van der Waals surface area (Å²) in [5, 5.41) is 1.28. The van der Waals surface area contributed by atoms with Gasteiger partial charge in [-0.2, -0.15) is 0 Å². The Morgan fingerprint density at radius 2 is 1.88 bits per heavy atom. The van der Waals surface area contributed by atoms with Crippen molar-refractivity contribution in [2.24, 2.45) is 5.73 Å². The van der Waals surface area contributed by atoms with Gasteiger partial charge in [0.1, 0.15) is 13.2 Å². The predicted molar refractivity (Wildman–Crippen MR) is 96.0 cm³/mol. The predicted octanol–water partition coefficient (Wildman–Crippen LogP) is 3.53. The van der Waals surface area contributed by atoms with Crippen LogP contribution in [0.5, 0.6) is 11.5 Å². The molecule has 0 saturated carbocycles. The van der Waals surface area contributed by atoms with Crippen LogP contribution in [0.1, 0.15) is 22.7 Å². The molecule has 0 radical (unpaired) electrons. The van der Waals surface area contributed by atoms with Gasteiger partial charge >= 0.3 is 0 Å². The van der Waals surface area contributed by atoms with Crippen LogP contribution in [-0.4, -0.2) is 24.7 Å². The van der Waals surface area contributed by atoms with Gasteiger partial charge in [0.25, 0.3) is 0 Å². The van der Waals surface area contributed by atoms with Crippen molar-refractivity contribution in [1.82, 2.24) is 4.98 Å². The van der Waals surface area contributed by atoms with Gasteiger partial charge in [-0.3, -0.25) is 0 Å². The number of aromatic amines is 1. The number of hydrogen-bond donors (Lipinski definition) is 2. The Hall–Kier alpha value is -2.46. The molecule has 0 aliphatic carbocycles. The summed E-state index contributed by atoms with van der Waals surface area (Å²) in [5.41, 5.74) is 11.1. The fourth-order valence-electron chi connectivity index (χ4n) is 3.50. The molecule has 4 heteroatoms. The molecule has 1 aliphatic rings. The number of benzene rings is 2. The van der Waals surface area contributed by atoms with E-state index in [0.717, 1.165) is 17.9 Å². The number of ether oxygens (including phenoxy) is 2. The van der Waals surface area contributed by atoms with Crippen molar-refractivity contribution >= 4 is 10.9 Å². The summed E-state index contributed by atoms with van der Waals surface area (Å²) in [4.78, 5) is 3.47. The molecule has 0 saturated heterocycles. The van der Waals surface area contributed by atoms with E-state index in [-0.39, 0.29) is 5.92 Å². The van der Waals surface area contributed by atoms with E-state index < -0.39 is 0 Å². The molecule has 1 atom stereocenters. The Labute approximate surface area is 141 Å². The normalized spacial score (nSPS) is 14.8. The molecule has 1 aromatic heterocycles. The lowest BCUT2D eigenvalue weighted by Crippen LogP contribution is -2.18. The molecule has 0 fully saturated rings. The zero-order valence-electron chi connectivity index (χ0n) is 13.8. The molecule has 3 aromatic rings. The Kier molecular flexibility index (Phi) is 3.90. The van der Waals surface area contributed by atoms with E-state index in [2.05, 4.69) is 48.3 Å². The number of nitrogens with one attached hydrogen (secondary N) is 1. The largest absolute Gasteiger partial charge is 0.486 e. The van der Waals surface area contributed by atoms with Gasteiger partial charge in [-0.05, 0) is 49.2 Å². The molecule has 2 aromatic carbocycles. The highest BCUT2D eigenvalue weighted by atomic mass is 16.6. The van der Waals surface area contributed by atoms with Gasteiger partial charge in [-0.1, -0.05) is 24.3 Å². The standard InChI is InChI=1S/C20H22N2O2/c1-13-17(16-4-2-3-5-18(16)22-13)10-15(12-21)14-6-7-19-20(11-14)24-9-8-23-19/h2-7,11,15,22H,8-10,12,21H2,1H3. The number of rotatable bonds is 4. The second kappa shape index (κ2) is 6.21. The molecule has 1 unspecified atom stereocenters. The summed E-state index contributed by atoms with van der Waals surface area (Å²) in [6.07, 6.45) is 0.909. The highest BCUT2D eigenvalue weighted by molar-refractivity contribution is 5.84. The maximum absolute atomic E-state index is 6.11. The fraction of sp³-hybridized carbons (Fsp3) is 0.300. The minimum Gasteiger partial charge on any atom is -0.486 e. The molecule has 2 heterocycles. The number of aromatic nitrogens is 1. The SMILES string of the molecule is Cc1[nH]c2ccccc2c1CC(CN)c1ccc2c(c1)OCCO2. The van der Waals surface area contributed by atoms with Crippen LogP contribution in [0.2, 0.25) is 0 Å². The van der Waals surface area contributed by atoms with Crippen molar-refractivity contribution in [1.29, 1.82) is 0 Å². The number of H-pyrrole nitrogens is 1. The fourth-order valence-corrected chi connectivity index (χ4v) is 3.50. The summed E-state index contributed by atoms with van der Waals surface area (Å²) < 4.78 is 11.3. The topological polar surface area (TPSA) is 60.3 Å². The third-order valence-electron chi connectivity index (χ3n) is 4.80. The number of fused-ring (bicyclic) bond motifs is 2. The second-order valence-corrected chi connectivity index (χ2v) is 6.31. The molecular weight excluding hydrogens is 300 g/mol. The lowest BCUT2D eigenvalue weighted by molar-refractivity contribution is 0.171. The molecular formula is C20H22N2O2. The summed E-state index contributed by atoms with van der Waals surface area (Å²) in [6, 6.07) is 14.6. The summed E-state index contributed by atoms with van der Waals surface area (Å²) in [7, 11) is 0. The zero-order chi connectivity index (χ0) is 16.5. The molecule has 3 N–H and O–H groups in total. The Bertz CT molecular complexity index is 869. The quantitative estimate of drug-likeness (QED) is 0.772. The van der Waals surface area contributed by atoms with Crippen LogP contribution in [0.4, 0.5) is 0 Å². The van der Waals surface area contributed by atoms with E-state index in [0.29, 0.717) is 19.8 Å². The van der Waals surface area contributed by atoms with E-state index in [1.165, 1.54) is 27.7 Å². The third kappa shape index (κ3) is 2.63. The molecule has 4 nitrogen and oxygen atoms in total. The smallest absolute Gasteiger partial charge is 0.161 e. The van der Waals surface area contributed by atoms with Crippen LogP contribution >= 0.6 is 0 Å². The summed E-state index contributed by atoms with van der Waals surface area (Å²) in [5.74, 6) is 1.90.